The van der Waals surface area contributed by atoms with Crippen molar-refractivity contribution < 1.29 is 0 Å². The molecule has 0 aliphatic carbocycles. The topological polar surface area (TPSA) is 12.0 Å². The summed E-state index contributed by atoms with van der Waals surface area (Å²) in [4.78, 5) is 0. The molecule has 1 heteroatoms. The van der Waals surface area contributed by atoms with Crippen molar-refractivity contribution in [2.45, 2.75) is 20.8 Å². The fraction of sp³-hybridized carbons (Fsp3) is 0.500. The minimum atomic E-state index is 0.815. The Kier molecular flexibility index (Phi) is 12.7. The zero-order valence-corrected chi connectivity index (χ0v) is 6.70. The second-order valence-electron chi connectivity index (χ2n) is 1.45. The number of allylic oxidation sites excluding steroid dienone is 1. The van der Waals surface area contributed by atoms with E-state index in [1.165, 1.54) is 0 Å². The van der Waals surface area contributed by atoms with E-state index >= 15 is 0 Å². The smallest absolute Gasteiger partial charge is 0.0324 e. The number of hydrogen-bond donors (Lipinski definition) is 1. The van der Waals surface area contributed by atoms with E-state index in [0.717, 1.165) is 12.2 Å². The van der Waals surface area contributed by atoms with E-state index in [2.05, 4.69) is 18.5 Å². The van der Waals surface area contributed by atoms with Gasteiger partial charge in [-0.3, -0.25) is 0 Å². The van der Waals surface area contributed by atoms with Crippen LogP contribution in [0.3, 0.4) is 0 Å². The summed E-state index contributed by atoms with van der Waals surface area (Å²) in [6, 6.07) is 0. The van der Waals surface area contributed by atoms with Crippen LogP contribution in [0.5, 0.6) is 0 Å². The maximum absolute atomic E-state index is 3.63. The van der Waals surface area contributed by atoms with E-state index in [-0.39, 0.29) is 0 Å². The van der Waals surface area contributed by atoms with Gasteiger partial charge >= 0.3 is 0 Å². The Bertz CT molecular complexity index is 74.6. The van der Waals surface area contributed by atoms with Crippen LogP contribution < -0.4 is 5.32 Å². The maximum Gasteiger partial charge on any atom is 0.0324 e. The van der Waals surface area contributed by atoms with Crippen LogP contribution in [0.1, 0.15) is 20.8 Å². The molecule has 0 rings (SSSR count). The predicted molar refractivity (Wildman–Crippen MR) is 44.4 cm³/mol. The Hall–Kier alpha value is -0.720. The minimum Gasteiger partial charge on any atom is -0.386 e. The molecule has 0 spiro atoms. The summed E-state index contributed by atoms with van der Waals surface area (Å²) in [6.07, 6.45) is 1.80. The quantitative estimate of drug-likeness (QED) is 0.574. The number of rotatable bonds is 3. The lowest BCUT2D eigenvalue weighted by Crippen LogP contribution is -2.08. The van der Waals surface area contributed by atoms with Gasteiger partial charge in [0.05, 0.1) is 0 Å². The molecule has 54 valence electrons. The lowest BCUT2D eigenvalue weighted by Gasteiger charge is -1.96. The Balaban J connectivity index is 0. The normalized spacial score (nSPS) is 6.56. The molecule has 0 radical (unpaired) electrons. The summed E-state index contributed by atoms with van der Waals surface area (Å²) in [7, 11) is 0. The summed E-state index contributed by atoms with van der Waals surface area (Å²) in [5, 5.41) is 2.98. The van der Waals surface area contributed by atoms with Crippen LogP contribution >= 0.6 is 0 Å². The SMILES string of the molecule is C=CCNC(=C)C.CC. The molecule has 0 aliphatic rings. The van der Waals surface area contributed by atoms with Gasteiger partial charge in [-0.1, -0.05) is 26.5 Å². The van der Waals surface area contributed by atoms with Crippen molar-refractivity contribution in [3.63, 3.8) is 0 Å². The molecule has 9 heavy (non-hydrogen) atoms. The van der Waals surface area contributed by atoms with E-state index in [0.29, 0.717) is 0 Å². The van der Waals surface area contributed by atoms with Crippen LogP contribution in [-0.4, -0.2) is 6.54 Å². The van der Waals surface area contributed by atoms with Gasteiger partial charge in [0, 0.05) is 12.2 Å². The molecule has 0 aliphatic heterocycles. The van der Waals surface area contributed by atoms with Crippen molar-refractivity contribution in [2.75, 3.05) is 6.54 Å². The van der Waals surface area contributed by atoms with E-state index in [1.54, 1.807) is 6.08 Å². The molecule has 0 unspecified atom stereocenters. The fourth-order valence-corrected chi connectivity index (χ4v) is 0.246. The van der Waals surface area contributed by atoms with Gasteiger partial charge in [0.2, 0.25) is 0 Å². The average Bonchev–Trinajstić information content (AvgIpc) is 1.88. The van der Waals surface area contributed by atoms with Gasteiger partial charge in [0.1, 0.15) is 0 Å². The van der Waals surface area contributed by atoms with Crippen molar-refractivity contribution in [3.05, 3.63) is 24.9 Å². The highest BCUT2D eigenvalue weighted by atomic mass is 14.8. The standard InChI is InChI=1S/C6H11N.C2H6/c1-4-5-7-6(2)3;1-2/h4,7H,1-2,5H2,3H3;1-2H3. The summed E-state index contributed by atoms with van der Waals surface area (Å²) in [5.74, 6) is 0. The predicted octanol–water partition coefficient (Wildman–Crippen LogP) is 2.32. The van der Waals surface area contributed by atoms with Gasteiger partial charge in [0.15, 0.2) is 0 Å². The highest BCUT2D eigenvalue weighted by molar-refractivity contribution is 4.87. The van der Waals surface area contributed by atoms with Crippen molar-refractivity contribution in [2.24, 2.45) is 0 Å². The highest BCUT2D eigenvalue weighted by Crippen LogP contribution is 1.74. The van der Waals surface area contributed by atoms with E-state index in [1.807, 2.05) is 20.8 Å². The average molecular weight is 127 g/mol. The Morgan fingerprint density at radius 1 is 1.56 bits per heavy atom. The molecule has 0 fully saturated rings. The molecule has 1 nitrogen and oxygen atoms in total. The van der Waals surface area contributed by atoms with Crippen molar-refractivity contribution >= 4 is 0 Å². The molecule has 0 aromatic carbocycles. The van der Waals surface area contributed by atoms with E-state index < -0.39 is 0 Å². The van der Waals surface area contributed by atoms with Gasteiger partial charge < -0.3 is 5.32 Å². The first kappa shape index (κ1) is 11.1. The van der Waals surface area contributed by atoms with Crippen molar-refractivity contribution in [1.29, 1.82) is 0 Å². The molecule has 0 amide bonds. The molecule has 0 aromatic heterocycles. The van der Waals surface area contributed by atoms with Crippen LogP contribution in [0.4, 0.5) is 0 Å². The van der Waals surface area contributed by atoms with Gasteiger partial charge in [-0.15, -0.1) is 6.58 Å². The second-order valence-corrected chi connectivity index (χ2v) is 1.45. The summed E-state index contributed by atoms with van der Waals surface area (Å²) >= 11 is 0. The lowest BCUT2D eigenvalue weighted by molar-refractivity contribution is 0.912. The van der Waals surface area contributed by atoms with Crippen LogP contribution in [0, 0.1) is 0 Å². The molecule has 1 N–H and O–H groups in total. The number of hydrogen-bond acceptors (Lipinski definition) is 1. The largest absolute Gasteiger partial charge is 0.386 e. The molecular weight excluding hydrogens is 110 g/mol. The summed E-state index contributed by atoms with van der Waals surface area (Å²) in [6.45, 7) is 13.9. The first-order valence-corrected chi connectivity index (χ1v) is 3.27. The van der Waals surface area contributed by atoms with Gasteiger partial charge in [-0.25, -0.2) is 0 Å². The first-order chi connectivity index (χ1) is 4.27. The second kappa shape index (κ2) is 10.3. The molecule has 0 heterocycles. The molecule has 0 saturated heterocycles. The van der Waals surface area contributed by atoms with Gasteiger partial charge in [-0.05, 0) is 6.92 Å². The van der Waals surface area contributed by atoms with Gasteiger partial charge in [-0.2, -0.15) is 0 Å². The minimum absolute atomic E-state index is 0.815. The Labute approximate surface area is 58.5 Å². The fourth-order valence-electron chi connectivity index (χ4n) is 0.246. The Morgan fingerprint density at radius 3 is 2.11 bits per heavy atom. The first-order valence-electron chi connectivity index (χ1n) is 3.27. The zero-order chi connectivity index (χ0) is 7.70. The van der Waals surface area contributed by atoms with E-state index in [9.17, 15) is 0 Å². The summed E-state index contributed by atoms with van der Waals surface area (Å²) in [5.41, 5.74) is 0.986. The van der Waals surface area contributed by atoms with Crippen molar-refractivity contribution in [1.82, 2.24) is 5.32 Å². The third kappa shape index (κ3) is 18.9. The van der Waals surface area contributed by atoms with Crippen molar-refractivity contribution in [3.8, 4) is 0 Å². The van der Waals surface area contributed by atoms with Crippen LogP contribution in [0.25, 0.3) is 0 Å². The molecule has 0 aromatic rings. The molecule has 0 saturated carbocycles. The zero-order valence-electron chi connectivity index (χ0n) is 6.70. The highest BCUT2D eigenvalue weighted by Gasteiger charge is 1.73. The molecule has 0 atom stereocenters. The van der Waals surface area contributed by atoms with Crippen LogP contribution in [-0.2, 0) is 0 Å². The third-order valence-corrected chi connectivity index (χ3v) is 0.548. The molecule has 0 bridgehead atoms. The third-order valence-electron chi connectivity index (χ3n) is 0.548. The van der Waals surface area contributed by atoms with Crippen LogP contribution in [0.15, 0.2) is 24.9 Å². The summed E-state index contributed by atoms with van der Waals surface area (Å²) < 4.78 is 0. The number of nitrogens with one attached hydrogen (secondary N) is 1. The lowest BCUT2D eigenvalue weighted by atomic mass is 10.5. The van der Waals surface area contributed by atoms with Crippen LogP contribution in [0.2, 0.25) is 0 Å². The van der Waals surface area contributed by atoms with E-state index in [4.69, 9.17) is 0 Å². The Morgan fingerprint density at radius 2 is 2.00 bits per heavy atom. The van der Waals surface area contributed by atoms with Gasteiger partial charge in [0.25, 0.3) is 0 Å². The molecular formula is C8H17N. The monoisotopic (exact) mass is 127 g/mol. The maximum atomic E-state index is 3.63.